The number of rotatable bonds is 2. The molecule has 5 nitrogen and oxygen atoms in total. The molecular weight excluding hydrogens is 234 g/mol. The Morgan fingerprint density at radius 2 is 1.94 bits per heavy atom. The van der Waals surface area contributed by atoms with Gasteiger partial charge in [0, 0.05) is 24.3 Å². The van der Waals surface area contributed by atoms with E-state index in [1.807, 2.05) is 6.92 Å². The molecule has 2 saturated carbocycles. The average molecular weight is 252 g/mol. The van der Waals surface area contributed by atoms with Gasteiger partial charge in [0.15, 0.2) is 0 Å². The number of aliphatic carboxylic acids is 1. The van der Waals surface area contributed by atoms with Crippen molar-refractivity contribution in [3.63, 3.8) is 0 Å². The zero-order valence-corrected chi connectivity index (χ0v) is 10.6. The number of carboxylic acids is 1. The molecule has 0 aromatic heterocycles. The van der Waals surface area contributed by atoms with Crippen molar-refractivity contribution in [3.05, 3.63) is 0 Å². The molecule has 3 atom stereocenters. The Hall–Kier alpha value is -1.10. The predicted molar refractivity (Wildman–Crippen MR) is 60.1 cm³/mol. The number of carbonyl (C=O) groups excluding carboxylic acids is 2. The van der Waals surface area contributed by atoms with Crippen LogP contribution < -0.4 is 5.11 Å². The second kappa shape index (κ2) is 3.95. The lowest BCUT2D eigenvalue weighted by Gasteiger charge is -2.33. The minimum atomic E-state index is -1.10. The van der Waals surface area contributed by atoms with Crippen LogP contribution in [0.15, 0.2) is 0 Å². The minimum absolute atomic E-state index is 0.0459. The molecule has 0 aromatic rings. The Morgan fingerprint density at radius 1 is 1.28 bits per heavy atom. The highest BCUT2D eigenvalue weighted by Crippen LogP contribution is 2.46. The first-order valence-corrected chi connectivity index (χ1v) is 6.74. The van der Waals surface area contributed by atoms with E-state index in [9.17, 15) is 14.7 Å². The molecule has 0 aromatic carbocycles. The molecule has 1 heterocycles. The Morgan fingerprint density at radius 3 is 2.50 bits per heavy atom. The topological polar surface area (TPSA) is 69.7 Å². The van der Waals surface area contributed by atoms with Crippen LogP contribution in [0.2, 0.25) is 0 Å². The smallest absolute Gasteiger partial charge is 0.228 e. The molecule has 1 aliphatic heterocycles. The Labute approximate surface area is 106 Å². The fourth-order valence-electron chi connectivity index (χ4n) is 3.43. The van der Waals surface area contributed by atoms with E-state index in [0.29, 0.717) is 13.0 Å². The summed E-state index contributed by atoms with van der Waals surface area (Å²) in [6.07, 6.45) is 4.39. The normalized spacial score (nSPS) is 37.2. The van der Waals surface area contributed by atoms with Gasteiger partial charge in [-0.3, -0.25) is 4.79 Å². The third-order valence-electron chi connectivity index (χ3n) is 4.41. The lowest BCUT2D eigenvalue weighted by molar-refractivity contribution is -0.308. The molecule has 3 aliphatic rings. The largest absolute Gasteiger partial charge is 0.550 e. The summed E-state index contributed by atoms with van der Waals surface area (Å²) >= 11 is 0. The monoisotopic (exact) mass is 252 g/mol. The number of carbonyl (C=O) groups is 2. The molecule has 18 heavy (non-hydrogen) atoms. The number of hydrogen-bond acceptors (Lipinski definition) is 4. The van der Waals surface area contributed by atoms with Crippen molar-refractivity contribution in [1.29, 1.82) is 0 Å². The van der Waals surface area contributed by atoms with Gasteiger partial charge in [-0.15, -0.1) is 0 Å². The summed E-state index contributed by atoms with van der Waals surface area (Å²) in [5, 5.41) is 10.8. The highest BCUT2D eigenvalue weighted by molar-refractivity contribution is 5.89. The standard InChI is InChI=1S/C13H19NO4/c1-8-7-14(13(18-8)4-2-3-5-13)11(15)9-6-10(9)12(16)17/h8-10H,2-7H2,1H3,(H,16,17)/p-1/t8-,9-,10+/m0/s1. The number of nitrogens with zero attached hydrogens (tertiary/aromatic N) is 1. The minimum Gasteiger partial charge on any atom is -0.550 e. The number of amides is 1. The lowest BCUT2D eigenvalue weighted by Crippen LogP contribution is -2.47. The van der Waals surface area contributed by atoms with Crippen molar-refractivity contribution in [2.45, 2.75) is 50.9 Å². The van der Waals surface area contributed by atoms with Crippen LogP contribution in [-0.2, 0) is 14.3 Å². The molecule has 5 heteroatoms. The van der Waals surface area contributed by atoms with Crippen molar-refractivity contribution in [2.75, 3.05) is 6.54 Å². The van der Waals surface area contributed by atoms with Gasteiger partial charge in [0.1, 0.15) is 5.72 Å². The molecule has 0 bridgehead atoms. The van der Waals surface area contributed by atoms with E-state index in [1.54, 1.807) is 4.90 Å². The van der Waals surface area contributed by atoms with Crippen molar-refractivity contribution < 1.29 is 19.4 Å². The van der Waals surface area contributed by atoms with Crippen LogP contribution in [-0.4, -0.2) is 35.2 Å². The van der Waals surface area contributed by atoms with Gasteiger partial charge >= 0.3 is 0 Å². The van der Waals surface area contributed by atoms with Crippen LogP contribution in [0.3, 0.4) is 0 Å². The fraction of sp³-hybridized carbons (Fsp3) is 0.846. The fourth-order valence-corrected chi connectivity index (χ4v) is 3.43. The predicted octanol–water partition coefficient (Wildman–Crippen LogP) is -0.110. The van der Waals surface area contributed by atoms with Gasteiger partial charge in [-0.1, -0.05) is 0 Å². The van der Waals surface area contributed by atoms with Gasteiger partial charge in [-0.25, -0.2) is 0 Å². The third kappa shape index (κ3) is 1.72. The molecule has 1 amide bonds. The Balaban J connectivity index is 1.75. The molecule has 3 fully saturated rings. The van der Waals surface area contributed by atoms with Gasteiger partial charge in [-0.05, 0) is 39.0 Å². The molecular formula is C13H18NO4-. The molecule has 3 rings (SSSR count). The Kier molecular flexibility index (Phi) is 2.62. The zero-order valence-electron chi connectivity index (χ0n) is 10.6. The quantitative estimate of drug-likeness (QED) is 0.687. The van der Waals surface area contributed by atoms with Crippen molar-refractivity contribution in [2.24, 2.45) is 11.8 Å². The molecule has 1 saturated heterocycles. The van der Waals surface area contributed by atoms with Gasteiger partial charge in [-0.2, -0.15) is 0 Å². The first-order chi connectivity index (χ1) is 8.53. The van der Waals surface area contributed by atoms with E-state index < -0.39 is 17.6 Å². The summed E-state index contributed by atoms with van der Waals surface area (Å²) in [7, 11) is 0. The second-order valence-electron chi connectivity index (χ2n) is 5.80. The maximum atomic E-state index is 12.4. The molecule has 1 spiro atoms. The van der Waals surface area contributed by atoms with E-state index in [0.717, 1.165) is 25.7 Å². The second-order valence-corrected chi connectivity index (χ2v) is 5.80. The van der Waals surface area contributed by atoms with Crippen molar-refractivity contribution in [3.8, 4) is 0 Å². The van der Waals surface area contributed by atoms with E-state index in [4.69, 9.17) is 4.74 Å². The highest BCUT2D eigenvalue weighted by atomic mass is 16.5. The number of carboxylic acid groups (broad SMARTS) is 1. The van der Waals surface area contributed by atoms with Crippen LogP contribution in [0.25, 0.3) is 0 Å². The maximum absolute atomic E-state index is 12.4. The van der Waals surface area contributed by atoms with E-state index in [-0.39, 0.29) is 17.9 Å². The molecule has 0 unspecified atom stereocenters. The molecule has 0 N–H and O–H groups in total. The maximum Gasteiger partial charge on any atom is 0.228 e. The third-order valence-corrected chi connectivity index (χ3v) is 4.41. The average Bonchev–Trinajstić information content (AvgIpc) is 2.90. The van der Waals surface area contributed by atoms with Crippen molar-refractivity contribution in [1.82, 2.24) is 4.90 Å². The summed E-state index contributed by atoms with van der Waals surface area (Å²) in [6.45, 7) is 2.56. The SMILES string of the molecule is C[C@H]1CN(C(=O)[C@H]2C[C@H]2C(=O)[O-])C2(CCCC2)O1. The van der Waals surface area contributed by atoms with E-state index in [2.05, 4.69) is 0 Å². The van der Waals surface area contributed by atoms with Gasteiger partial charge in [0.25, 0.3) is 0 Å². The van der Waals surface area contributed by atoms with Crippen LogP contribution >= 0.6 is 0 Å². The van der Waals surface area contributed by atoms with Crippen LogP contribution in [0, 0.1) is 11.8 Å². The molecule has 2 aliphatic carbocycles. The van der Waals surface area contributed by atoms with Gasteiger partial charge in [0.05, 0.1) is 6.10 Å². The summed E-state index contributed by atoms with van der Waals surface area (Å²) in [5.74, 6) is -2.09. The van der Waals surface area contributed by atoms with Gasteiger partial charge < -0.3 is 19.5 Å². The summed E-state index contributed by atoms with van der Waals surface area (Å²) in [4.78, 5) is 24.9. The first kappa shape index (κ1) is 12.0. The van der Waals surface area contributed by atoms with Gasteiger partial charge in [0.2, 0.25) is 5.91 Å². The van der Waals surface area contributed by atoms with Crippen LogP contribution in [0.4, 0.5) is 0 Å². The lowest BCUT2D eigenvalue weighted by atomic mass is 10.1. The summed E-state index contributed by atoms with van der Waals surface area (Å²) < 4.78 is 5.96. The number of hydrogen-bond donors (Lipinski definition) is 0. The highest BCUT2D eigenvalue weighted by Gasteiger charge is 2.54. The summed E-state index contributed by atoms with van der Waals surface area (Å²) in [6, 6.07) is 0. The Bertz CT molecular complexity index is 388. The number of ether oxygens (including phenoxy) is 1. The first-order valence-electron chi connectivity index (χ1n) is 6.74. The summed E-state index contributed by atoms with van der Waals surface area (Å²) in [5.41, 5.74) is -0.435. The molecule has 0 radical (unpaired) electrons. The van der Waals surface area contributed by atoms with Crippen molar-refractivity contribution >= 4 is 11.9 Å². The van der Waals surface area contributed by atoms with E-state index in [1.165, 1.54) is 0 Å². The van der Waals surface area contributed by atoms with Crippen LogP contribution in [0.5, 0.6) is 0 Å². The van der Waals surface area contributed by atoms with Crippen LogP contribution in [0.1, 0.15) is 39.0 Å². The zero-order chi connectivity index (χ0) is 12.9. The van der Waals surface area contributed by atoms with E-state index >= 15 is 0 Å². The molecule has 100 valence electrons.